The first kappa shape index (κ1) is 22.4. The van der Waals surface area contributed by atoms with Gasteiger partial charge in [0.15, 0.2) is 0 Å². The van der Waals surface area contributed by atoms with Gasteiger partial charge in [0.2, 0.25) is 0 Å². The molecule has 4 rings (SSSR count). The van der Waals surface area contributed by atoms with E-state index in [1.54, 1.807) is 10.6 Å². The van der Waals surface area contributed by atoms with E-state index in [1.807, 2.05) is 43.3 Å². The van der Waals surface area contributed by atoms with Crippen LogP contribution in [0.1, 0.15) is 30.8 Å². The normalized spacial score (nSPS) is 10.8. The molecular formula is C25H28FN3O2. The van der Waals surface area contributed by atoms with Crippen LogP contribution in [0.2, 0.25) is 0 Å². The van der Waals surface area contributed by atoms with Gasteiger partial charge in [-0.3, -0.25) is 9.78 Å². The second-order valence-corrected chi connectivity index (χ2v) is 7.33. The summed E-state index contributed by atoms with van der Waals surface area (Å²) in [7, 11) is 0. The summed E-state index contributed by atoms with van der Waals surface area (Å²) >= 11 is 0. The monoisotopic (exact) mass is 421 g/mol. The van der Waals surface area contributed by atoms with E-state index in [4.69, 9.17) is 4.98 Å². The molecule has 2 aromatic heterocycles. The average molecular weight is 422 g/mol. The molecule has 0 aliphatic rings. The number of benzene rings is 2. The lowest BCUT2D eigenvalue weighted by Crippen LogP contribution is -2.10. The van der Waals surface area contributed by atoms with E-state index in [1.165, 1.54) is 12.1 Å². The molecule has 4 aromatic rings. The largest absolute Gasteiger partial charge is 0.480 e. The Morgan fingerprint density at radius 1 is 1.10 bits per heavy atom. The highest BCUT2D eigenvalue weighted by molar-refractivity contribution is 5.87. The van der Waals surface area contributed by atoms with Gasteiger partial charge in [-0.15, -0.1) is 0 Å². The smallest absolute Gasteiger partial charge is 0.323 e. The number of nitrogens with zero attached hydrogens (tertiary/aromatic N) is 2. The Morgan fingerprint density at radius 3 is 2.52 bits per heavy atom. The van der Waals surface area contributed by atoms with E-state index in [9.17, 15) is 14.3 Å². The topological polar surface area (TPSA) is 67.2 Å². The standard InChI is InChI=1S/C21H17FN2O2.C4H11N/c1-13-17(11-16-8-6-14-4-2-3-5-19(14)23-16)18-10-15(22)7-9-20(18)24(13)12-21(25)26;1-3-5-4-2/h2-10H,11-12H2,1H3,(H,25,26);5H,3-4H2,1-2H3. The fraction of sp³-hybridized carbons (Fsp3) is 0.280. The zero-order chi connectivity index (χ0) is 22.4. The first-order valence-electron chi connectivity index (χ1n) is 10.5. The quantitative estimate of drug-likeness (QED) is 0.463. The van der Waals surface area contributed by atoms with Crippen molar-refractivity contribution in [3.63, 3.8) is 0 Å². The van der Waals surface area contributed by atoms with Gasteiger partial charge in [-0.2, -0.15) is 0 Å². The number of halogens is 1. The maximum absolute atomic E-state index is 13.8. The van der Waals surface area contributed by atoms with Crippen molar-refractivity contribution in [3.8, 4) is 0 Å². The van der Waals surface area contributed by atoms with Gasteiger partial charge in [-0.05, 0) is 55.9 Å². The van der Waals surface area contributed by atoms with Crippen molar-refractivity contribution >= 4 is 27.8 Å². The number of carbonyl (C=O) groups is 1. The van der Waals surface area contributed by atoms with E-state index < -0.39 is 5.97 Å². The van der Waals surface area contributed by atoms with Crippen molar-refractivity contribution < 1.29 is 14.3 Å². The molecule has 6 heteroatoms. The van der Waals surface area contributed by atoms with Gasteiger partial charge in [-0.1, -0.05) is 38.1 Å². The van der Waals surface area contributed by atoms with Crippen LogP contribution in [0.5, 0.6) is 0 Å². The van der Waals surface area contributed by atoms with Crippen LogP contribution in [-0.4, -0.2) is 33.7 Å². The van der Waals surface area contributed by atoms with E-state index in [-0.39, 0.29) is 12.4 Å². The Bertz CT molecular complexity index is 1200. The molecule has 0 fully saturated rings. The number of rotatable bonds is 6. The summed E-state index contributed by atoms with van der Waals surface area (Å²) in [4.78, 5) is 15.9. The second-order valence-electron chi connectivity index (χ2n) is 7.33. The lowest BCUT2D eigenvalue weighted by Gasteiger charge is -2.06. The van der Waals surface area contributed by atoms with Crippen LogP contribution in [0.25, 0.3) is 21.8 Å². The van der Waals surface area contributed by atoms with Crippen molar-refractivity contribution in [2.45, 2.75) is 33.7 Å². The fourth-order valence-corrected chi connectivity index (χ4v) is 3.72. The van der Waals surface area contributed by atoms with Crippen molar-refractivity contribution in [2.24, 2.45) is 0 Å². The lowest BCUT2D eigenvalue weighted by molar-refractivity contribution is -0.137. The van der Waals surface area contributed by atoms with Gasteiger partial charge in [0.25, 0.3) is 0 Å². The Hall–Kier alpha value is -3.25. The van der Waals surface area contributed by atoms with Gasteiger partial charge < -0.3 is 15.0 Å². The SMILES string of the molecule is CCNCC.Cc1c(Cc2ccc3ccccc3n2)c2cc(F)ccc2n1CC(=O)O. The predicted octanol–water partition coefficient (Wildman–Crippen LogP) is 4.93. The molecule has 31 heavy (non-hydrogen) atoms. The second kappa shape index (κ2) is 10.2. The van der Waals surface area contributed by atoms with E-state index >= 15 is 0 Å². The molecule has 5 nitrogen and oxygen atoms in total. The number of pyridine rings is 1. The fourth-order valence-electron chi connectivity index (χ4n) is 3.72. The predicted molar refractivity (Wildman–Crippen MR) is 123 cm³/mol. The number of carboxylic acids is 1. The summed E-state index contributed by atoms with van der Waals surface area (Å²) in [5.41, 5.74) is 4.22. The minimum absolute atomic E-state index is 0.154. The van der Waals surface area contributed by atoms with Crippen molar-refractivity contribution in [1.29, 1.82) is 0 Å². The summed E-state index contributed by atoms with van der Waals surface area (Å²) in [6.07, 6.45) is 0.517. The molecule has 2 aromatic carbocycles. The molecule has 0 bridgehead atoms. The third kappa shape index (κ3) is 5.27. The number of aromatic nitrogens is 2. The third-order valence-corrected chi connectivity index (χ3v) is 5.22. The maximum Gasteiger partial charge on any atom is 0.323 e. The molecule has 0 amide bonds. The zero-order valence-electron chi connectivity index (χ0n) is 18.2. The van der Waals surface area contributed by atoms with Crippen LogP contribution in [0.4, 0.5) is 4.39 Å². The number of para-hydroxylation sites is 1. The Labute approximate surface area is 181 Å². The minimum atomic E-state index is -0.926. The van der Waals surface area contributed by atoms with E-state index in [2.05, 4.69) is 19.2 Å². The average Bonchev–Trinajstić information content (AvgIpc) is 2.99. The van der Waals surface area contributed by atoms with Gasteiger partial charge in [0.1, 0.15) is 12.4 Å². The van der Waals surface area contributed by atoms with Gasteiger partial charge in [-0.25, -0.2) is 4.39 Å². The Balaban J connectivity index is 0.000000491. The molecule has 162 valence electrons. The number of aliphatic carboxylic acids is 1. The number of nitrogens with one attached hydrogen (secondary N) is 1. The first-order valence-corrected chi connectivity index (χ1v) is 10.5. The van der Waals surface area contributed by atoms with Crippen LogP contribution in [0.15, 0.2) is 54.6 Å². The highest BCUT2D eigenvalue weighted by Crippen LogP contribution is 2.29. The number of fused-ring (bicyclic) bond motifs is 2. The van der Waals surface area contributed by atoms with Crippen molar-refractivity contribution in [2.75, 3.05) is 13.1 Å². The number of hydrogen-bond donors (Lipinski definition) is 2. The van der Waals surface area contributed by atoms with Crippen LogP contribution >= 0.6 is 0 Å². The number of carboxylic acid groups (broad SMARTS) is 1. The molecule has 2 N–H and O–H groups in total. The molecule has 0 atom stereocenters. The highest BCUT2D eigenvalue weighted by Gasteiger charge is 2.17. The third-order valence-electron chi connectivity index (χ3n) is 5.22. The lowest BCUT2D eigenvalue weighted by atomic mass is 10.0. The summed E-state index contributed by atoms with van der Waals surface area (Å²) in [5, 5.41) is 14.1. The van der Waals surface area contributed by atoms with Crippen molar-refractivity contribution in [3.05, 3.63) is 77.4 Å². The molecule has 0 aliphatic heterocycles. The van der Waals surface area contributed by atoms with Crippen LogP contribution < -0.4 is 5.32 Å². The molecule has 0 aliphatic carbocycles. The minimum Gasteiger partial charge on any atom is -0.480 e. The summed E-state index contributed by atoms with van der Waals surface area (Å²) in [5.74, 6) is -1.26. The van der Waals surface area contributed by atoms with Crippen LogP contribution in [-0.2, 0) is 17.8 Å². The Kier molecular flexibility index (Phi) is 7.36. The van der Waals surface area contributed by atoms with Crippen molar-refractivity contribution in [1.82, 2.24) is 14.9 Å². The molecular weight excluding hydrogens is 393 g/mol. The summed E-state index contributed by atoms with van der Waals surface area (Å²) in [6, 6.07) is 16.3. The van der Waals surface area contributed by atoms with E-state index in [0.29, 0.717) is 6.42 Å². The zero-order valence-corrected chi connectivity index (χ0v) is 18.2. The van der Waals surface area contributed by atoms with Gasteiger partial charge in [0.05, 0.1) is 5.52 Å². The highest BCUT2D eigenvalue weighted by atomic mass is 19.1. The molecule has 0 spiro atoms. The maximum atomic E-state index is 13.8. The number of hydrogen-bond acceptors (Lipinski definition) is 3. The van der Waals surface area contributed by atoms with Crippen LogP contribution in [0, 0.1) is 12.7 Å². The van der Waals surface area contributed by atoms with Gasteiger partial charge >= 0.3 is 5.97 Å². The molecule has 0 saturated carbocycles. The van der Waals surface area contributed by atoms with E-state index in [0.717, 1.165) is 51.8 Å². The summed E-state index contributed by atoms with van der Waals surface area (Å²) in [6.45, 7) is 8.11. The summed E-state index contributed by atoms with van der Waals surface area (Å²) < 4.78 is 15.5. The van der Waals surface area contributed by atoms with Gasteiger partial charge in [0, 0.05) is 34.1 Å². The molecule has 2 heterocycles. The molecule has 0 saturated heterocycles. The molecule has 0 unspecified atom stereocenters. The Morgan fingerprint density at radius 2 is 1.84 bits per heavy atom. The van der Waals surface area contributed by atoms with Crippen LogP contribution in [0.3, 0.4) is 0 Å². The first-order chi connectivity index (χ1) is 14.9. The molecule has 0 radical (unpaired) electrons.